The molecule has 0 aromatic heterocycles. The van der Waals surface area contributed by atoms with Crippen LogP contribution in [0, 0.1) is 18.8 Å². The molecule has 2 aliphatic rings. The lowest BCUT2D eigenvalue weighted by atomic mass is 10.1. The summed E-state index contributed by atoms with van der Waals surface area (Å²) in [5.41, 5.74) is 2.22. The molecule has 3 rings (SSSR count). The number of likely N-dealkylation sites (tertiary alicyclic amines) is 1. The number of rotatable bonds is 5. The summed E-state index contributed by atoms with van der Waals surface area (Å²) >= 11 is 0. The largest absolute Gasteiger partial charge is 0.355 e. The second kappa shape index (κ2) is 7.15. The van der Waals surface area contributed by atoms with E-state index in [0.29, 0.717) is 26.1 Å². The lowest BCUT2D eigenvalue weighted by molar-refractivity contribution is -0.129. The van der Waals surface area contributed by atoms with Crippen molar-refractivity contribution in [1.29, 1.82) is 0 Å². The zero-order valence-corrected chi connectivity index (χ0v) is 15.2. The summed E-state index contributed by atoms with van der Waals surface area (Å²) in [5, 5.41) is 2.83. The van der Waals surface area contributed by atoms with Gasteiger partial charge in [-0.2, -0.15) is 0 Å². The highest BCUT2D eigenvalue weighted by molar-refractivity contribution is 7.91. The smallest absolute Gasteiger partial charge is 0.225 e. The van der Waals surface area contributed by atoms with Gasteiger partial charge in [0, 0.05) is 26.1 Å². The first kappa shape index (κ1) is 17.9. The van der Waals surface area contributed by atoms with E-state index in [1.165, 1.54) is 5.56 Å². The minimum absolute atomic E-state index is 0.00489. The molecule has 2 aliphatic heterocycles. The number of benzene rings is 1. The molecule has 0 unspecified atom stereocenters. The molecule has 25 heavy (non-hydrogen) atoms. The molecule has 1 aromatic rings. The predicted molar refractivity (Wildman–Crippen MR) is 94.5 cm³/mol. The molecule has 2 heterocycles. The highest BCUT2D eigenvalue weighted by Crippen LogP contribution is 2.22. The number of carbonyl (C=O) groups excluding carboxylic acids is 2. The standard InChI is InChI=1S/C18H24N2O4S/c1-13-2-4-14(5-3-13)10-20-11-16(8-17(20)21)18(22)19-9-15-6-7-25(23,24)12-15/h2-5,15-16H,6-12H2,1H3,(H,19,22)/t15-,16+/m0/s1. The summed E-state index contributed by atoms with van der Waals surface area (Å²) in [5.74, 6) is -0.158. The van der Waals surface area contributed by atoms with Gasteiger partial charge in [0.25, 0.3) is 0 Å². The van der Waals surface area contributed by atoms with Gasteiger partial charge in [0.05, 0.1) is 17.4 Å². The first-order chi connectivity index (χ1) is 11.8. The van der Waals surface area contributed by atoms with Gasteiger partial charge in [-0.3, -0.25) is 9.59 Å². The number of nitrogens with zero attached hydrogens (tertiary/aromatic N) is 1. The number of aryl methyl sites for hydroxylation is 1. The van der Waals surface area contributed by atoms with Crippen molar-refractivity contribution < 1.29 is 18.0 Å². The lowest BCUT2D eigenvalue weighted by Crippen LogP contribution is -2.36. The molecule has 7 heteroatoms. The lowest BCUT2D eigenvalue weighted by Gasteiger charge is -2.17. The number of carbonyl (C=O) groups is 2. The molecule has 2 amide bonds. The van der Waals surface area contributed by atoms with Crippen LogP contribution in [0.5, 0.6) is 0 Å². The Morgan fingerprint density at radius 2 is 2.00 bits per heavy atom. The summed E-state index contributed by atoms with van der Waals surface area (Å²) in [6, 6.07) is 8.01. The minimum atomic E-state index is -2.93. The van der Waals surface area contributed by atoms with Crippen LogP contribution in [-0.4, -0.2) is 49.7 Å². The van der Waals surface area contributed by atoms with Crippen molar-refractivity contribution in [3.8, 4) is 0 Å². The van der Waals surface area contributed by atoms with E-state index in [-0.39, 0.29) is 41.6 Å². The minimum Gasteiger partial charge on any atom is -0.355 e. The van der Waals surface area contributed by atoms with Gasteiger partial charge in [0.15, 0.2) is 9.84 Å². The Hall–Kier alpha value is -1.89. The van der Waals surface area contributed by atoms with Crippen LogP contribution < -0.4 is 5.32 Å². The summed E-state index contributed by atoms with van der Waals surface area (Å²) < 4.78 is 22.9. The monoisotopic (exact) mass is 364 g/mol. The second-order valence-corrected chi connectivity index (χ2v) is 9.40. The van der Waals surface area contributed by atoms with Crippen LogP contribution >= 0.6 is 0 Å². The Labute approximate surface area is 148 Å². The zero-order chi connectivity index (χ0) is 18.0. The molecule has 1 aromatic carbocycles. The SMILES string of the molecule is Cc1ccc(CN2C[C@H](C(=O)NC[C@@H]3CCS(=O)(=O)C3)CC2=O)cc1. The van der Waals surface area contributed by atoms with E-state index < -0.39 is 9.84 Å². The van der Waals surface area contributed by atoms with E-state index in [1.54, 1.807) is 4.90 Å². The van der Waals surface area contributed by atoms with E-state index in [0.717, 1.165) is 5.56 Å². The molecule has 1 N–H and O–H groups in total. The van der Waals surface area contributed by atoms with Crippen molar-refractivity contribution >= 4 is 21.7 Å². The van der Waals surface area contributed by atoms with Crippen LogP contribution in [0.4, 0.5) is 0 Å². The fraction of sp³-hybridized carbons (Fsp3) is 0.556. The fourth-order valence-corrected chi connectivity index (χ4v) is 5.30. The summed E-state index contributed by atoms with van der Waals surface area (Å²) in [7, 11) is -2.93. The van der Waals surface area contributed by atoms with E-state index in [9.17, 15) is 18.0 Å². The van der Waals surface area contributed by atoms with E-state index in [2.05, 4.69) is 5.32 Å². The number of sulfone groups is 1. The molecule has 0 spiro atoms. The van der Waals surface area contributed by atoms with E-state index in [4.69, 9.17) is 0 Å². The number of hydrogen-bond donors (Lipinski definition) is 1. The Kier molecular flexibility index (Phi) is 5.13. The number of hydrogen-bond acceptors (Lipinski definition) is 4. The Bertz CT molecular complexity index is 758. The van der Waals surface area contributed by atoms with Gasteiger partial charge in [-0.05, 0) is 24.8 Å². The van der Waals surface area contributed by atoms with Crippen LogP contribution in [0.1, 0.15) is 24.0 Å². The maximum absolute atomic E-state index is 12.3. The van der Waals surface area contributed by atoms with Crippen molar-refractivity contribution in [2.75, 3.05) is 24.6 Å². The number of nitrogens with one attached hydrogen (secondary N) is 1. The third-order valence-corrected chi connectivity index (χ3v) is 6.81. The molecule has 0 saturated carbocycles. The molecule has 136 valence electrons. The third-order valence-electron chi connectivity index (χ3n) is 4.97. The maximum atomic E-state index is 12.3. The summed E-state index contributed by atoms with van der Waals surface area (Å²) in [6.45, 7) is 3.33. The fourth-order valence-electron chi connectivity index (χ4n) is 3.44. The Balaban J connectivity index is 1.49. The van der Waals surface area contributed by atoms with Gasteiger partial charge in [0.1, 0.15) is 0 Å². The normalized spacial score (nSPS) is 25.3. The molecular formula is C18H24N2O4S. The van der Waals surface area contributed by atoms with Gasteiger partial charge in [0.2, 0.25) is 11.8 Å². The molecule has 0 aliphatic carbocycles. The topological polar surface area (TPSA) is 83.6 Å². The van der Waals surface area contributed by atoms with Crippen LogP contribution in [0.3, 0.4) is 0 Å². The average molecular weight is 364 g/mol. The van der Waals surface area contributed by atoms with E-state index in [1.807, 2.05) is 31.2 Å². The molecule has 0 radical (unpaired) electrons. The van der Waals surface area contributed by atoms with Crippen molar-refractivity contribution in [3.05, 3.63) is 35.4 Å². The molecule has 6 nitrogen and oxygen atoms in total. The Morgan fingerprint density at radius 3 is 2.64 bits per heavy atom. The predicted octanol–water partition coefficient (Wildman–Crippen LogP) is 0.894. The average Bonchev–Trinajstić information content (AvgIpc) is 3.10. The summed E-state index contributed by atoms with van der Waals surface area (Å²) in [6.07, 6.45) is 0.826. The molecule has 0 bridgehead atoms. The Morgan fingerprint density at radius 1 is 1.28 bits per heavy atom. The molecule has 2 saturated heterocycles. The first-order valence-electron chi connectivity index (χ1n) is 8.64. The number of amides is 2. The molecule has 2 atom stereocenters. The van der Waals surface area contributed by atoms with Crippen LogP contribution in [-0.2, 0) is 26.0 Å². The first-order valence-corrected chi connectivity index (χ1v) is 10.5. The van der Waals surface area contributed by atoms with Crippen molar-refractivity contribution in [1.82, 2.24) is 10.2 Å². The third kappa shape index (κ3) is 4.60. The van der Waals surface area contributed by atoms with Crippen LogP contribution in [0.2, 0.25) is 0 Å². The zero-order valence-electron chi connectivity index (χ0n) is 14.4. The van der Waals surface area contributed by atoms with Gasteiger partial charge < -0.3 is 10.2 Å². The van der Waals surface area contributed by atoms with Crippen molar-refractivity contribution in [2.24, 2.45) is 11.8 Å². The highest BCUT2D eigenvalue weighted by atomic mass is 32.2. The van der Waals surface area contributed by atoms with Gasteiger partial charge in [-0.15, -0.1) is 0 Å². The van der Waals surface area contributed by atoms with E-state index >= 15 is 0 Å². The molecular weight excluding hydrogens is 340 g/mol. The van der Waals surface area contributed by atoms with Gasteiger partial charge in [-0.25, -0.2) is 8.42 Å². The van der Waals surface area contributed by atoms with Crippen LogP contribution in [0.25, 0.3) is 0 Å². The maximum Gasteiger partial charge on any atom is 0.225 e. The summed E-state index contributed by atoms with van der Waals surface area (Å²) in [4.78, 5) is 26.2. The second-order valence-electron chi connectivity index (χ2n) is 7.18. The molecule has 2 fully saturated rings. The van der Waals surface area contributed by atoms with Crippen molar-refractivity contribution in [2.45, 2.75) is 26.3 Å². The van der Waals surface area contributed by atoms with Gasteiger partial charge >= 0.3 is 0 Å². The van der Waals surface area contributed by atoms with Crippen molar-refractivity contribution in [3.63, 3.8) is 0 Å². The van der Waals surface area contributed by atoms with Crippen LogP contribution in [0.15, 0.2) is 24.3 Å². The van der Waals surface area contributed by atoms with Gasteiger partial charge in [-0.1, -0.05) is 29.8 Å². The highest BCUT2D eigenvalue weighted by Gasteiger charge is 2.35. The quantitative estimate of drug-likeness (QED) is 0.841.